The molecule has 0 atom stereocenters. The summed E-state index contributed by atoms with van der Waals surface area (Å²) in [6.45, 7) is 0.956. The Hall–Kier alpha value is -2.13. The maximum atomic E-state index is 2.32. The van der Waals surface area contributed by atoms with Gasteiger partial charge in [-0.25, -0.2) is 0 Å². The molecule has 2 aliphatic rings. The molecule has 22 heavy (non-hydrogen) atoms. The molecule has 3 heteroatoms. The van der Waals surface area contributed by atoms with Gasteiger partial charge in [0.1, 0.15) is 0 Å². The summed E-state index contributed by atoms with van der Waals surface area (Å²) in [5.41, 5.74) is 5.23. The van der Waals surface area contributed by atoms with E-state index >= 15 is 0 Å². The van der Waals surface area contributed by atoms with Crippen LogP contribution in [0.4, 0.5) is 11.4 Å². The fourth-order valence-corrected chi connectivity index (χ4v) is 4.11. The Balaban J connectivity index is 1.73. The molecular formula is C19H18N2S. The van der Waals surface area contributed by atoms with E-state index < -0.39 is 0 Å². The molecule has 0 spiro atoms. The van der Waals surface area contributed by atoms with E-state index in [2.05, 4.69) is 84.6 Å². The molecule has 110 valence electrons. The zero-order chi connectivity index (χ0) is 15.1. The summed E-state index contributed by atoms with van der Waals surface area (Å²) in [5.74, 6) is 0. The van der Waals surface area contributed by atoms with Crippen LogP contribution in [-0.2, 0) is 0 Å². The van der Waals surface area contributed by atoms with Crippen molar-refractivity contribution in [3.63, 3.8) is 0 Å². The quantitative estimate of drug-likeness (QED) is 0.760. The van der Waals surface area contributed by atoms with Crippen molar-refractivity contribution in [1.82, 2.24) is 0 Å². The van der Waals surface area contributed by atoms with Crippen molar-refractivity contribution in [2.75, 3.05) is 30.4 Å². The van der Waals surface area contributed by atoms with Crippen molar-refractivity contribution in [2.24, 2.45) is 0 Å². The number of para-hydroxylation sites is 2. The molecule has 0 aromatic heterocycles. The Kier molecular flexibility index (Phi) is 3.23. The second kappa shape index (κ2) is 5.25. The number of anilines is 2. The third-order valence-electron chi connectivity index (χ3n) is 4.26. The normalized spacial score (nSPS) is 18.3. The minimum Gasteiger partial charge on any atom is -0.370 e. The molecule has 2 aliphatic heterocycles. The van der Waals surface area contributed by atoms with Crippen LogP contribution in [0.15, 0.2) is 70.6 Å². The van der Waals surface area contributed by atoms with Gasteiger partial charge in [0.15, 0.2) is 0 Å². The van der Waals surface area contributed by atoms with Crippen LogP contribution < -0.4 is 9.80 Å². The van der Waals surface area contributed by atoms with Crippen LogP contribution in [0.25, 0.3) is 5.57 Å². The average molecular weight is 306 g/mol. The van der Waals surface area contributed by atoms with Gasteiger partial charge in [-0.3, -0.25) is 0 Å². The Bertz CT molecular complexity index is 792. The number of benzene rings is 2. The molecule has 4 rings (SSSR count). The molecule has 0 saturated carbocycles. The van der Waals surface area contributed by atoms with E-state index in [0.717, 1.165) is 6.54 Å². The molecule has 0 radical (unpaired) electrons. The summed E-state index contributed by atoms with van der Waals surface area (Å²) < 4.78 is 0. The van der Waals surface area contributed by atoms with Gasteiger partial charge < -0.3 is 9.80 Å². The maximum Gasteiger partial charge on any atom is 0.0805 e. The smallest absolute Gasteiger partial charge is 0.0805 e. The first-order valence-corrected chi connectivity index (χ1v) is 8.29. The van der Waals surface area contributed by atoms with Crippen LogP contribution in [0.3, 0.4) is 0 Å². The second-order valence-electron chi connectivity index (χ2n) is 5.67. The minimum absolute atomic E-state index is 0.956. The molecular weight excluding hydrogens is 288 g/mol. The summed E-state index contributed by atoms with van der Waals surface area (Å²) in [6, 6.07) is 17.2. The van der Waals surface area contributed by atoms with E-state index in [1.165, 1.54) is 32.4 Å². The van der Waals surface area contributed by atoms with Crippen LogP contribution in [-0.4, -0.2) is 20.6 Å². The van der Waals surface area contributed by atoms with Crippen LogP contribution in [0.5, 0.6) is 0 Å². The predicted molar refractivity (Wildman–Crippen MR) is 96.5 cm³/mol. The van der Waals surface area contributed by atoms with Crippen molar-refractivity contribution >= 4 is 28.7 Å². The number of hydrogen-bond acceptors (Lipinski definition) is 3. The second-order valence-corrected chi connectivity index (χ2v) is 6.73. The summed E-state index contributed by atoms with van der Waals surface area (Å²) in [4.78, 5) is 5.90. The lowest BCUT2D eigenvalue weighted by atomic mass is 9.99. The standard InChI is InChI=1S/C19H18N2S/c1-20-12-11-14(15-7-3-4-8-16(15)20)13-19-21(2)17-9-5-6-10-18(17)22-19/h3-11,13H,12H2,1-2H3. The lowest BCUT2D eigenvalue weighted by molar-refractivity contribution is 1.01. The van der Waals surface area contributed by atoms with E-state index in [1.54, 1.807) is 0 Å². The molecule has 0 fully saturated rings. The highest BCUT2D eigenvalue weighted by atomic mass is 32.2. The third-order valence-corrected chi connectivity index (χ3v) is 5.43. The zero-order valence-electron chi connectivity index (χ0n) is 12.8. The van der Waals surface area contributed by atoms with Crippen LogP contribution >= 0.6 is 11.8 Å². The lowest BCUT2D eigenvalue weighted by Gasteiger charge is -2.26. The summed E-state index contributed by atoms with van der Waals surface area (Å²) in [5, 5.41) is 1.28. The highest BCUT2D eigenvalue weighted by molar-refractivity contribution is 8.03. The van der Waals surface area contributed by atoms with E-state index in [1.807, 2.05) is 11.8 Å². The molecule has 0 aliphatic carbocycles. The largest absolute Gasteiger partial charge is 0.370 e. The van der Waals surface area contributed by atoms with Crippen molar-refractivity contribution in [2.45, 2.75) is 4.90 Å². The van der Waals surface area contributed by atoms with E-state index in [-0.39, 0.29) is 0 Å². The van der Waals surface area contributed by atoms with Crippen molar-refractivity contribution in [3.05, 3.63) is 71.3 Å². The van der Waals surface area contributed by atoms with Gasteiger partial charge in [-0.2, -0.15) is 0 Å². The van der Waals surface area contributed by atoms with Crippen molar-refractivity contribution in [3.8, 4) is 0 Å². The van der Waals surface area contributed by atoms with Gasteiger partial charge in [-0.15, -0.1) is 0 Å². The summed E-state index contributed by atoms with van der Waals surface area (Å²) in [6.07, 6.45) is 4.63. The molecule has 2 aromatic rings. The molecule has 2 aromatic carbocycles. The molecule has 2 nitrogen and oxygen atoms in total. The van der Waals surface area contributed by atoms with Gasteiger partial charge in [-0.1, -0.05) is 48.2 Å². The van der Waals surface area contributed by atoms with Crippen molar-refractivity contribution in [1.29, 1.82) is 0 Å². The fraction of sp³-hybridized carbons (Fsp3) is 0.158. The molecule has 0 bridgehead atoms. The van der Waals surface area contributed by atoms with Gasteiger partial charge in [0.2, 0.25) is 0 Å². The van der Waals surface area contributed by atoms with Gasteiger partial charge in [-0.05, 0) is 29.8 Å². The number of fused-ring (bicyclic) bond motifs is 2. The predicted octanol–water partition coefficient (Wildman–Crippen LogP) is 4.60. The molecule has 0 N–H and O–H groups in total. The lowest BCUT2D eigenvalue weighted by Crippen LogP contribution is -2.21. The third kappa shape index (κ3) is 2.13. The fourth-order valence-electron chi connectivity index (χ4n) is 3.01. The molecule has 2 heterocycles. The average Bonchev–Trinajstić information content (AvgIpc) is 2.87. The zero-order valence-corrected chi connectivity index (χ0v) is 13.6. The van der Waals surface area contributed by atoms with Crippen LogP contribution in [0, 0.1) is 0 Å². The van der Waals surface area contributed by atoms with Crippen LogP contribution in [0.2, 0.25) is 0 Å². The van der Waals surface area contributed by atoms with Gasteiger partial charge in [0.05, 0.1) is 10.7 Å². The van der Waals surface area contributed by atoms with Gasteiger partial charge in [0.25, 0.3) is 0 Å². The minimum atomic E-state index is 0.956. The first-order chi connectivity index (χ1) is 10.7. The molecule has 0 amide bonds. The monoisotopic (exact) mass is 306 g/mol. The molecule has 0 saturated heterocycles. The number of allylic oxidation sites excluding steroid dienone is 2. The Morgan fingerprint density at radius 1 is 0.955 bits per heavy atom. The number of thioether (sulfide) groups is 1. The topological polar surface area (TPSA) is 6.48 Å². The number of likely N-dealkylation sites (N-methyl/N-ethyl adjacent to an activating group) is 1. The van der Waals surface area contributed by atoms with E-state index in [4.69, 9.17) is 0 Å². The van der Waals surface area contributed by atoms with E-state index in [0.29, 0.717) is 0 Å². The van der Waals surface area contributed by atoms with Crippen LogP contribution in [0.1, 0.15) is 5.56 Å². The Labute approximate surface area is 135 Å². The van der Waals surface area contributed by atoms with Gasteiger partial charge in [0, 0.05) is 36.8 Å². The summed E-state index contributed by atoms with van der Waals surface area (Å²) >= 11 is 1.85. The molecule has 0 unspecified atom stereocenters. The van der Waals surface area contributed by atoms with Gasteiger partial charge >= 0.3 is 0 Å². The SMILES string of the molecule is CN1CC=C(C=C2Sc3ccccc3N2C)c2ccccc21. The van der Waals surface area contributed by atoms with Crippen molar-refractivity contribution < 1.29 is 0 Å². The maximum absolute atomic E-state index is 2.32. The van der Waals surface area contributed by atoms with E-state index in [9.17, 15) is 0 Å². The Morgan fingerprint density at radius 3 is 2.50 bits per heavy atom. The Morgan fingerprint density at radius 2 is 1.68 bits per heavy atom. The highest BCUT2D eigenvalue weighted by Gasteiger charge is 2.22. The first-order valence-electron chi connectivity index (χ1n) is 7.47. The highest BCUT2D eigenvalue weighted by Crippen LogP contribution is 2.46. The number of rotatable bonds is 1. The summed E-state index contributed by atoms with van der Waals surface area (Å²) in [7, 11) is 4.29. The number of nitrogens with zero attached hydrogens (tertiary/aromatic N) is 2. The first kappa shape index (κ1) is 13.5. The number of hydrogen-bond donors (Lipinski definition) is 0.